The molecule has 2 aromatic carbocycles. The molecule has 5 heteroatoms. The molecule has 0 aromatic heterocycles. The number of nitrogens with zero attached hydrogens (tertiary/aromatic N) is 2. The van der Waals surface area contributed by atoms with E-state index in [1.165, 1.54) is 0 Å². The maximum absolute atomic E-state index is 12.6. The summed E-state index contributed by atoms with van der Waals surface area (Å²) in [7, 11) is 0. The number of benzene rings is 2. The lowest BCUT2D eigenvalue weighted by molar-refractivity contribution is 0.0745. The van der Waals surface area contributed by atoms with Gasteiger partial charge in [-0.15, -0.1) is 0 Å². The number of phenols is 1. The highest BCUT2D eigenvalue weighted by atomic mass is 127. The summed E-state index contributed by atoms with van der Waals surface area (Å²) in [5, 5.41) is 9.57. The molecule has 1 heterocycles. The van der Waals surface area contributed by atoms with Gasteiger partial charge in [0.1, 0.15) is 5.75 Å². The number of hydrogen-bond donors (Lipinski definition) is 1. The number of hydrogen-bond acceptors (Lipinski definition) is 3. The Bertz CT molecular complexity index is 682. The van der Waals surface area contributed by atoms with Gasteiger partial charge < -0.3 is 14.9 Å². The molecule has 1 aliphatic rings. The van der Waals surface area contributed by atoms with Crippen LogP contribution in [0.3, 0.4) is 0 Å². The predicted molar refractivity (Wildman–Crippen MR) is 95.4 cm³/mol. The number of carbonyl (C=O) groups excluding carboxylic acids is 1. The Morgan fingerprint density at radius 2 is 1.73 bits per heavy atom. The van der Waals surface area contributed by atoms with Crippen LogP contribution in [0.4, 0.5) is 5.69 Å². The molecule has 4 nitrogen and oxygen atoms in total. The standard InChI is InChI=1S/C17H17IN2O2/c18-16-7-2-1-6-15(16)17(22)20-10-8-19(9-11-20)13-4-3-5-14(21)12-13/h1-7,12,21H,8-11H2. The number of rotatable bonds is 2. The summed E-state index contributed by atoms with van der Waals surface area (Å²) in [6, 6.07) is 14.9. The normalized spacial score (nSPS) is 15.0. The maximum Gasteiger partial charge on any atom is 0.255 e. The molecular formula is C17H17IN2O2. The highest BCUT2D eigenvalue weighted by molar-refractivity contribution is 14.1. The topological polar surface area (TPSA) is 43.8 Å². The molecule has 0 bridgehead atoms. The van der Waals surface area contributed by atoms with Crippen molar-refractivity contribution in [1.29, 1.82) is 0 Å². The van der Waals surface area contributed by atoms with E-state index in [0.717, 1.165) is 27.9 Å². The van der Waals surface area contributed by atoms with Crippen molar-refractivity contribution in [3.63, 3.8) is 0 Å². The van der Waals surface area contributed by atoms with Crippen LogP contribution in [0.5, 0.6) is 5.75 Å². The monoisotopic (exact) mass is 408 g/mol. The Morgan fingerprint density at radius 1 is 1.00 bits per heavy atom. The molecule has 0 unspecified atom stereocenters. The lowest BCUT2D eigenvalue weighted by atomic mass is 10.1. The second-order valence-corrected chi connectivity index (χ2v) is 6.44. The van der Waals surface area contributed by atoms with Crippen molar-refractivity contribution in [2.45, 2.75) is 0 Å². The van der Waals surface area contributed by atoms with E-state index in [1.807, 2.05) is 41.3 Å². The summed E-state index contributed by atoms with van der Waals surface area (Å²) in [4.78, 5) is 16.7. The summed E-state index contributed by atoms with van der Waals surface area (Å²) in [6.45, 7) is 2.94. The molecule has 2 aromatic rings. The molecule has 3 rings (SSSR count). The first-order chi connectivity index (χ1) is 10.6. The molecule has 1 aliphatic heterocycles. The number of aromatic hydroxyl groups is 1. The van der Waals surface area contributed by atoms with Crippen molar-refractivity contribution in [2.75, 3.05) is 31.1 Å². The second kappa shape index (κ2) is 6.56. The summed E-state index contributed by atoms with van der Waals surface area (Å²) >= 11 is 2.20. The van der Waals surface area contributed by atoms with E-state index < -0.39 is 0 Å². The second-order valence-electron chi connectivity index (χ2n) is 5.28. The van der Waals surface area contributed by atoms with Crippen molar-refractivity contribution in [3.8, 4) is 5.75 Å². The summed E-state index contributed by atoms with van der Waals surface area (Å²) in [5.74, 6) is 0.371. The molecule has 0 atom stereocenters. The zero-order chi connectivity index (χ0) is 15.5. The average Bonchev–Trinajstić information content (AvgIpc) is 2.55. The molecule has 1 N–H and O–H groups in total. The summed E-state index contributed by atoms with van der Waals surface area (Å²) in [5.41, 5.74) is 1.77. The van der Waals surface area contributed by atoms with Gasteiger partial charge in [-0.05, 0) is 46.9 Å². The predicted octanol–water partition coefficient (Wildman–Crippen LogP) is 2.96. The molecule has 0 aliphatic carbocycles. The van der Waals surface area contributed by atoms with Gasteiger partial charge in [0.05, 0.1) is 5.56 Å². The van der Waals surface area contributed by atoms with Gasteiger partial charge in [0.15, 0.2) is 0 Å². The first-order valence-corrected chi connectivity index (χ1v) is 8.31. The first-order valence-electron chi connectivity index (χ1n) is 7.23. The molecule has 1 fully saturated rings. The van der Waals surface area contributed by atoms with Crippen molar-refractivity contribution in [3.05, 3.63) is 57.7 Å². The minimum absolute atomic E-state index is 0.0977. The van der Waals surface area contributed by atoms with Crippen LogP contribution in [-0.2, 0) is 0 Å². The fourth-order valence-corrected chi connectivity index (χ4v) is 3.28. The van der Waals surface area contributed by atoms with Crippen LogP contribution in [-0.4, -0.2) is 42.1 Å². The van der Waals surface area contributed by atoms with E-state index in [1.54, 1.807) is 12.1 Å². The number of halogens is 1. The quantitative estimate of drug-likeness (QED) is 0.778. The van der Waals surface area contributed by atoms with Gasteiger partial charge in [0.25, 0.3) is 5.91 Å². The fourth-order valence-electron chi connectivity index (χ4n) is 2.66. The van der Waals surface area contributed by atoms with E-state index >= 15 is 0 Å². The zero-order valence-corrected chi connectivity index (χ0v) is 14.2. The molecule has 114 valence electrons. The third-order valence-corrected chi connectivity index (χ3v) is 4.81. The lowest BCUT2D eigenvalue weighted by Crippen LogP contribution is -2.48. The lowest BCUT2D eigenvalue weighted by Gasteiger charge is -2.36. The highest BCUT2D eigenvalue weighted by Crippen LogP contribution is 2.22. The van der Waals surface area contributed by atoms with Crippen LogP contribution in [0.25, 0.3) is 0 Å². The van der Waals surface area contributed by atoms with Gasteiger partial charge in [-0.2, -0.15) is 0 Å². The van der Waals surface area contributed by atoms with E-state index in [2.05, 4.69) is 27.5 Å². The van der Waals surface area contributed by atoms with E-state index in [4.69, 9.17) is 0 Å². The Kier molecular flexibility index (Phi) is 4.52. The van der Waals surface area contributed by atoms with Crippen LogP contribution < -0.4 is 4.90 Å². The Morgan fingerprint density at radius 3 is 2.41 bits per heavy atom. The third-order valence-electron chi connectivity index (χ3n) is 3.87. The minimum Gasteiger partial charge on any atom is -0.508 e. The molecule has 1 amide bonds. The molecule has 22 heavy (non-hydrogen) atoms. The van der Waals surface area contributed by atoms with Crippen molar-refractivity contribution in [1.82, 2.24) is 4.90 Å². The fraction of sp³-hybridized carbons (Fsp3) is 0.235. The smallest absolute Gasteiger partial charge is 0.255 e. The Hall–Kier alpha value is -1.76. The summed E-state index contributed by atoms with van der Waals surface area (Å²) < 4.78 is 0.987. The Labute approximate surface area is 143 Å². The van der Waals surface area contributed by atoms with Crippen LogP contribution >= 0.6 is 22.6 Å². The van der Waals surface area contributed by atoms with Crippen LogP contribution in [0, 0.1) is 3.57 Å². The van der Waals surface area contributed by atoms with Gasteiger partial charge in [0.2, 0.25) is 0 Å². The molecule has 1 saturated heterocycles. The average molecular weight is 408 g/mol. The Balaban J connectivity index is 1.67. The van der Waals surface area contributed by atoms with Gasteiger partial charge in [-0.25, -0.2) is 0 Å². The van der Waals surface area contributed by atoms with Crippen molar-refractivity contribution >= 4 is 34.2 Å². The van der Waals surface area contributed by atoms with Crippen molar-refractivity contribution < 1.29 is 9.90 Å². The minimum atomic E-state index is 0.0977. The van der Waals surface area contributed by atoms with Gasteiger partial charge in [0, 0.05) is 41.5 Å². The number of piperazine rings is 1. The largest absolute Gasteiger partial charge is 0.508 e. The number of amides is 1. The van der Waals surface area contributed by atoms with E-state index in [-0.39, 0.29) is 11.7 Å². The number of anilines is 1. The maximum atomic E-state index is 12.6. The summed E-state index contributed by atoms with van der Waals surface area (Å²) in [6.07, 6.45) is 0. The van der Waals surface area contributed by atoms with Crippen molar-refractivity contribution in [2.24, 2.45) is 0 Å². The first kappa shape index (κ1) is 15.1. The molecule has 0 saturated carbocycles. The number of phenolic OH excluding ortho intramolecular Hbond substituents is 1. The third kappa shape index (κ3) is 3.19. The van der Waals surface area contributed by atoms with Crippen LogP contribution in [0.2, 0.25) is 0 Å². The van der Waals surface area contributed by atoms with Gasteiger partial charge in [-0.3, -0.25) is 4.79 Å². The molecular weight excluding hydrogens is 391 g/mol. The molecule has 0 spiro atoms. The van der Waals surface area contributed by atoms with E-state index in [9.17, 15) is 9.90 Å². The van der Waals surface area contributed by atoms with Gasteiger partial charge >= 0.3 is 0 Å². The highest BCUT2D eigenvalue weighted by Gasteiger charge is 2.23. The number of carbonyl (C=O) groups is 1. The van der Waals surface area contributed by atoms with Gasteiger partial charge in [-0.1, -0.05) is 18.2 Å². The van der Waals surface area contributed by atoms with Crippen LogP contribution in [0.15, 0.2) is 48.5 Å². The zero-order valence-electron chi connectivity index (χ0n) is 12.1. The van der Waals surface area contributed by atoms with Crippen LogP contribution in [0.1, 0.15) is 10.4 Å². The SMILES string of the molecule is O=C(c1ccccc1I)N1CCN(c2cccc(O)c2)CC1. The molecule has 0 radical (unpaired) electrons. The van der Waals surface area contributed by atoms with E-state index in [0.29, 0.717) is 13.1 Å².